The standard InChI is InChI=1S/C19H20N2O2S/c1-23-14-5-7-17(22)15(11-14)19-20-16-6-4-13(10-18(16)24-19)12-21-8-2-3-9-21/h4-7,10-11,22H,2-3,8-9,12H2,1H3. The number of fused-ring (bicyclic) bond motifs is 1. The van der Waals surface area contributed by atoms with Gasteiger partial charge in [-0.05, 0) is 61.8 Å². The topological polar surface area (TPSA) is 45.6 Å². The average molecular weight is 340 g/mol. The zero-order chi connectivity index (χ0) is 16.5. The first-order valence-electron chi connectivity index (χ1n) is 8.22. The van der Waals surface area contributed by atoms with Gasteiger partial charge in [0.1, 0.15) is 16.5 Å². The van der Waals surface area contributed by atoms with E-state index < -0.39 is 0 Å². The third-order valence-electron chi connectivity index (χ3n) is 4.49. The van der Waals surface area contributed by atoms with E-state index in [1.807, 2.05) is 6.07 Å². The molecule has 3 aromatic rings. The Morgan fingerprint density at radius 3 is 2.79 bits per heavy atom. The summed E-state index contributed by atoms with van der Waals surface area (Å²) in [7, 11) is 1.62. The fourth-order valence-electron chi connectivity index (χ4n) is 3.19. The van der Waals surface area contributed by atoms with Crippen LogP contribution >= 0.6 is 11.3 Å². The fraction of sp³-hybridized carbons (Fsp3) is 0.316. The van der Waals surface area contributed by atoms with Crippen LogP contribution in [0.3, 0.4) is 0 Å². The number of nitrogens with zero attached hydrogens (tertiary/aromatic N) is 2. The monoisotopic (exact) mass is 340 g/mol. The lowest BCUT2D eigenvalue weighted by Crippen LogP contribution is -2.18. The summed E-state index contributed by atoms with van der Waals surface area (Å²) in [5.41, 5.74) is 3.02. The molecule has 1 aromatic heterocycles. The third-order valence-corrected chi connectivity index (χ3v) is 5.54. The van der Waals surface area contributed by atoms with Crippen LogP contribution in [0.4, 0.5) is 0 Å². The number of hydrogen-bond donors (Lipinski definition) is 1. The summed E-state index contributed by atoms with van der Waals surface area (Å²) in [6.45, 7) is 3.40. The molecule has 2 aromatic carbocycles. The van der Waals surface area contributed by atoms with Crippen LogP contribution in [0.5, 0.6) is 11.5 Å². The number of aromatic nitrogens is 1. The van der Waals surface area contributed by atoms with Gasteiger partial charge in [-0.1, -0.05) is 6.07 Å². The van der Waals surface area contributed by atoms with E-state index in [0.717, 1.165) is 33.1 Å². The number of thiazole rings is 1. The zero-order valence-electron chi connectivity index (χ0n) is 13.7. The molecule has 124 valence electrons. The quantitative estimate of drug-likeness (QED) is 0.770. The van der Waals surface area contributed by atoms with Gasteiger partial charge in [0.25, 0.3) is 0 Å². The molecule has 1 fully saturated rings. The maximum atomic E-state index is 10.2. The summed E-state index contributed by atoms with van der Waals surface area (Å²) in [5, 5.41) is 11.0. The maximum absolute atomic E-state index is 10.2. The Hall–Kier alpha value is -2.11. The number of ether oxygens (including phenoxy) is 1. The molecule has 0 unspecified atom stereocenters. The molecule has 24 heavy (non-hydrogen) atoms. The van der Waals surface area contributed by atoms with E-state index in [9.17, 15) is 5.11 Å². The number of likely N-dealkylation sites (tertiary alicyclic amines) is 1. The molecule has 0 saturated carbocycles. The smallest absolute Gasteiger partial charge is 0.128 e. The second-order valence-electron chi connectivity index (χ2n) is 6.19. The Morgan fingerprint density at radius 1 is 1.17 bits per heavy atom. The van der Waals surface area contributed by atoms with Gasteiger partial charge in [0.05, 0.1) is 22.9 Å². The predicted octanol–water partition coefficient (Wildman–Crippen LogP) is 4.27. The van der Waals surface area contributed by atoms with Gasteiger partial charge in [-0.3, -0.25) is 4.90 Å². The van der Waals surface area contributed by atoms with E-state index in [1.165, 1.54) is 31.5 Å². The highest BCUT2D eigenvalue weighted by atomic mass is 32.1. The van der Waals surface area contributed by atoms with Crippen LogP contribution in [0.15, 0.2) is 36.4 Å². The van der Waals surface area contributed by atoms with Crippen molar-refractivity contribution < 1.29 is 9.84 Å². The fourth-order valence-corrected chi connectivity index (χ4v) is 4.25. The summed E-state index contributed by atoms with van der Waals surface area (Å²) >= 11 is 1.61. The van der Waals surface area contributed by atoms with Gasteiger partial charge in [-0.15, -0.1) is 11.3 Å². The molecule has 0 radical (unpaired) electrons. The molecule has 1 aliphatic heterocycles. The molecule has 0 bridgehead atoms. The van der Waals surface area contributed by atoms with Crippen LogP contribution in [-0.2, 0) is 6.54 Å². The molecular formula is C19H20N2O2S. The molecule has 5 heteroatoms. The number of methoxy groups -OCH3 is 1. The van der Waals surface area contributed by atoms with Gasteiger partial charge in [-0.2, -0.15) is 0 Å². The van der Waals surface area contributed by atoms with Crippen molar-refractivity contribution in [2.75, 3.05) is 20.2 Å². The highest BCUT2D eigenvalue weighted by molar-refractivity contribution is 7.21. The Kier molecular flexibility index (Phi) is 4.12. The largest absolute Gasteiger partial charge is 0.507 e. The Morgan fingerprint density at radius 2 is 2.00 bits per heavy atom. The Labute approximate surface area is 145 Å². The van der Waals surface area contributed by atoms with Crippen LogP contribution in [0.2, 0.25) is 0 Å². The minimum atomic E-state index is 0.229. The molecule has 0 aliphatic carbocycles. The maximum Gasteiger partial charge on any atom is 0.128 e. The van der Waals surface area contributed by atoms with E-state index in [0.29, 0.717) is 0 Å². The number of rotatable bonds is 4. The van der Waals surface area contributed by atoms with Gasteiger partial charge in [0.15, 0.2) is 0 Å². The summed E-state index contributed by atoms with van der Waals surface area (Å²) in [5.74, 6) is 0.948. The predicted molar refractivity (Wildman–Crippen MR) is 97.8 cm³/mol. The minimum absolute atomic E-state index is 0.229. The summed E-state index contributed by atoms with van der Waals surface area (Å²) in [4.78, 5) is 7.18. The van der Waals surface area contributed by atoms with Gasteiger partial charge < -0.3 is 9.84 Å². The van der Waals surface area contributed by atoms with Crippen molar-refractivity contribution in [3.63, 3.8) is 0 Å². The van der Waals surface area contributed by atoms with E-state index in [-0.39, 0.29) is 5.75 Å². The SMILES string of the molecule is COc1ccc(O)c(-c2nc3ccc(CN4CCCC4)cc3s2)c1. The molecule has 4 nitrogen and oxygen atoms in total. The zero-order valence-corrected chi connectivity index (χ0v) is 14.5. The van der Waals surface area contributed by atoms with Crippen molar-refractivity contribution in [2.45, 2.75) is 19.4 Å². The number of phenolic OH excluding ortho intramolecular Hbond substituents is 1. The summed E-state index contributed by atoms with van der Waals surface area (Å²) < 4.78 is 6.42. The molecule has 4 rings (SSSR count). The van der Waals surface area contributed by atoms with Gasteiger partial charge in [0.2, 0.25) is 0 Å². The number of phenols is 1. The first-order valence-corrected chi connectivity index (χ1v) is 9.04. The highest BCUT2D eigenvalue weighted by Gasteiger charge is 2.14. The minimum Gasteiger partial charge on any atom is -0.507 e. The molecule has 1 aliphatic rings. The first kappa shape index (κ1) is 15.4. The van der Waals surface area contributed by atoms with Crippen molar-refractivity contribution in [3.05, 3.63) is 42.0 Å². The Bertz CT molecular complexity index is 869. The van der Waals surface area contributed by atoms with Crippen molar-refractivity contribution in [1.82, 2.24) is 9.88 Å². The molecule has 0 spiro atoms. The third kappa shape index (κ3) is 2.97. The molecular weight excluding hydrogens is 320 g/mol. The summed E-state index contributed by atoms with van der Waals surface area (Å²) in [6.07, 6.45) is 2.62. The van der Waals surface area contributed by atoms with Gasteiger partial charge >= 0.3 is 0 Å². The second kappa shape index (κ2) is 6.42. The number of hydrogen-bond acceptors (Lipinski definition) is 5. The van der Waals surface area contributed by atoms with Crippen molar-refractivity contribution >= 4 is 21.6 Å². The van der Waals surface area contributed by atoms with E-state index in [2.05, 4.69) is 28.1 Å². The van der Waals surface area contributed by atoms with Crippen LogP contribution in [0.25, 0.3) is 20.8 Å². The van der Waals surface area contributed by atoms with Crippen LogP contribution in [-0.4, -0.2) is 35.2 Å². The normalized spacial score (nSPS) is 15.2. The molecule has 0 amide bonds. The van der Waals surface area contributed by atoms with Gasteiger partial charge in [0, 0.05) is 6.54 Å². The second-order valence-corrected chi connectivity index (χ2v) is 7.22. The van der Waals surface area contributed by atoms with Crippen molar-refractivity contribution in [2.24, 2.45) is 0 Å². The molecule has 1 N–H and O–H groups in total. The lowest BCUT2D eigenvalue weighted by atomic mass is 10.2. The average Bonchev–Trinajstić information content (AvgIpc) is 3.24. The lowest BCUT2D eigenvalue weighted by molar-refractivity contribution is 0.331. The first-order chi connectivity index (χ1) is 11.7. The molecule has 2 heterocycles. The number of aromatic hydroxyl groups is 1. The van der Waals surface area contributed by atoms with Crippen LogP contribution < -0.4 is 4.74 Å². The lowest BCUT2D eigenvalue weighted by Gasteiger charge is -2.14. The van der Waals surface area contributed by atoms with Crippen molar-refractivity contribution in [1.29, 1.82) is 0 Å². The highest BCUT2D eigenvalue weighted by Crippen LogP contribution is 2.37. The molecule has 1 saturated heterocycles. The molecule has 0 atom stereocenters. The number of benzene rings is 2. The van der Waals surface area contributed by atoms with E-state index in [4.69, 9.17) is 4.74 Å². The van der Waals surface area contributed by atoms with E-state index >= 15 is 0 Å². The van der Waals surface area contributed by atoms with Crippen LogP contribution in [0, 0.1) is 0 Å². The van der Waals surface area contributed by atoms with Crippen molar-refractivity contribution in [3.8, 4) is 22.1 Å². The van der Waals surface area contributed by atoms with E-state index in [1.54, 1.807) is 30.6 Å². The van der Waals surface area contributed by atoms with Gasteiger partial charge in [-0.25, -0.2) is 4.98 Å². The van der Waals surface area contributed by atoms with Crippen LogP contribution in [0.1, 0.15) is 18.4 Å². The summed E-state index contributed by atoms with van der Waals surface area (Å²) in [6, 6.07) is 11.7. The Balaban J connectivity index is 1.68.